The lowest BCUT2D eigenvalue weighted by atomic mass is 10.1. The average molecular weight is 273 g/mol. The second-order valence-electron chi connectivity index (χ2n) is 4.82. The average Bonchev–Trinajstić information content (AvgIpc) is 2.45. The van der Waals surface area contributed by atoms with Crippen molar-refractivity contribution in [2.24, 2.45) is 0 Å². The van der Waals surface area contributed by atoms with Gasteiger partial charge in [-0.1, -0.05) is 30.3 Å². The van der Waals surface area contributed by atoms with Crippen molar-refractivity contribution in [1.82, 2.24) is 5.32 Å². The van der Waals surface area contributed by atoms with Gasteiger partial charge in [-0.25, -0.2) is 4.39 Å². The van der Waals surface area contributed by atoms with E-state index in [1.807, 2.05) is 44.3 Å². The first-order valence-electron chi connectivity index (χ1n) is 6.83. The van der Waals surface area contributed by atoms with Gasteiger partial charge in [-0.05, 0) is 49.8 Å². The minimum absolute atomic E-state index is 0.153. The smallest absolute Gasteiger partial charge is 0.125 e. The van der Waals surface area contributed by atoms with E-state index < -0.39 is 0 Å². The van der Waals surface area contributed by atoms with Crippen LogP contribution in [0.15, 0.2) is 48.5 Å². The van der Waals surface area contributed by atoms with Crippen LogP contribution >= 0.6 is 0 Å². The molecule has 0 radical (unpaired) electrons. The zero-order valence-corrected chi connectivity index (χ0v) is 11.9. The summed E-state index contributed by atoms with van der Waals surface area (Å²) in [6.45, 7) is 2.82. The molecule has 0 bridgehead atoms. The summed E-state index contributed by atoms with van der Waals surface area (Å²) in [5.74, 6) is 0.614. The highest BCUT2D eigenvalue weighted by Crippen LogP contribution is 2.27. The molecule has 0 amide bonds. The zero-order chi connectivity index (χ0) is 14.4. The molecule has 0 aliphatic heterocycles. The Kier molecular flexibility index (Phi) is 5.13. The van der Waals surface area contributed by atoms with Crippen LogP contribution in [0.4, 0.5) is 4.39 Å². The minimum Gasteiger partial charge on any atom is -0.485 e. The maximum atomic E-state index is 13.4. The molecule has 0 saturated heterocycles. The normalized spacial score (nSPS) is 12.2. The van der Waals surface area contributed by atoms with Crippen molar-refractivity contribution in [3.05, 3.63) is 65.5 Å². The molecule has 0 aliphatic rings. The van der Waals surface area contributed by atoms with Crippen LogP contribution in [0.25, 0.3) is 0 Å². The summed E-state index contributed by atoms with van der Waals surface area (Å²) in [7, 11) is 1.90. The summed E-state index contributed by atoms with van der Waals surface area (Å²) < 4.78 is 19.5. The van der Waals surface area contributed by atoms with Gasteiger partial charge in [0.05, 0.1) is 0 Å². The molecule has 3 heteroatoms. The van der Waals surface area contributed by atoms with Crippen LogP contribution in [0.1, 0.15) is 23.7 Å². The van der Waals surface area contributed by atoms with Gasteiger partial charge in [-0.2, -0.15) is 0 Å². The molecule has 0 unspecified atom stereocenters. The van der Waals surface area contributed by atoms with Crippen molar-refractivity contribution in [2.75, 3.05) is 13.6 Å². The SMILES string of the molecule is CNCC[C@H](Oc1ccccc1C)c1cccc(F)c1. The summed E-state index contributed by atoms with van der Waals surface area (Å²) in [4.78, 5) is 0. The van der Waals surface area contributed by atoms with Crippen LogP contribution in [0.3, 0.4) is 0 Å². The summed E-state index contributed by atoms with van der Waals surface area (Å²) in [6.07, 6.45) is 0.633. The fourth-order valence-corrected chi connectivity index (χ4v) is 2.12. The van der Waals surface area contributed by atoms with Crippen molar-refractivity contribution in [2.45, 2.75) is 19.4 Å². The van der Waals surface area contributed by atoms with E-state index >= 15 is 0 Å². The van der Waals surface area contributed by atoms with Crippen LogP contribution < -0.4 is 10.1 Å². The van der Waals surface area contributed by atoms with E-state index in [9.17, 15) is 4.39 Å². The summed E-state index contributed by atoms with van der Waals surface area (Å²) >= 11 is 0. The molecule has 0 saturated carbocycles. The van der Waals surface area contributed by atoms with Crippen LogP contribution in [0.2, 0.25) is 0 Å². The second-order valence-corrected chi connectivity index (χ2v) is 4.82. The zero-order valence-electron chi connectivity index (χ0n) is 11.9. The first-order valence-corrected chi connectivity index (χ1v) is 6.83. The Morgan fingerprint density at radius 3 is 2.65 bits per heavy atom. The third-order valence-corrected chi connectivity index (χ3v) is 3.24. The molecule has 2 nitrogen and oxygen atoms in total. The Bertz CT molecular complexity index is 556. The van der Waals surface area contributed by atoms with Gasteiger partial charge in [0, 0.05) is 6.42 Å². The van der Waals surface area contributed by atoms with E-state index in [1.54, 1.807) is 12.1 Å². The third-order valence-electron chi connectivity index (χ3n) is 3.24. The predicted octanol–water partition coefficient (Wildman–Crippen LogP) is 3.86. The number of aryl methyl sites for hydroxylation is 1. The Hall–Kier alpha value is -1.87. The number of nitrogens with one attached hydrogen (secondary N) is 1. The van der Waals surface area contributed by atoms with Gasteiger partial charge in [0.2, 0.25) is 0 Å². The van der Waals surface area contributed by atoms with Gasteiger partial charge in [-0.15, -0.1) is 0 Å². The number of para-hydroxylation sites is 1. The van der Waals surface area contributed by atoms with Gasteiger partial charge < -0.3 is 10.1 Å². The number of rotatable bonds is 6. The molecule has 1 atom stereocenters. The van der Waals surface area contributed by atoms with Gasteiger partial charge in [-0.3, -0.25) is 0 Å². The fourth-order valence-electron chi connectivity index (χ4n) is 2.12. The number of hydrogen-bond acceptors (Lipinski definition) is 2. The first kappa shape index (κ1) is 14.5. The number of ether oxygens (including phenoxy) is 1. The summed E-state index contributed by atoms with van der Waals surface area (Å²) in [5, 5.41) is 3.11. The molecule has 0 spiro atoms. The number of benzene rings is 2. The van der Waals surface area contributed by atoms with Crippen molar-refractivity contribution < 1.29 is 9.13 Å². The Balaban J connectivity index is 2.21. The summed E-state index contributed by atoms with van der Waals surface area (Å²) in [5.41, 5.74) is 1.95. The minimum atomic E-state index is -0.231. The molecule has 0 aromatic heterocycles. The molecule has 2 aromatic rings. The fraction of sp³-hybridized carbons (Fsp3) is 0.294. The van der Waals surface area contributed by atoms with Crippen LogP contribution in [-0.4, -0.2) is 13.6 Å². The first-order chi connectivity index (χ1) is 9.70. The highest BCUT2D eigenvalue weighted by atomic mass is 19.1. The quantitative estimate of drug-likeness (QED) is 0.862. The molecule has 0 fully saturated rings. The molecule has 1 N–H and O–H groups in total. The van der Waals surface area contributed by atoms with E-state index in [2.05, 4.69) is 5.32 Å². The lowest BCUT2D eigenvalue weighted by Gasteiger charge is -2.21. The highest BCUT2D eigenvalue weighted by Gasteiger charge is 2.14. The molecule has 106 valence electrons. The van der Waals surface area contributed by atoms with E-state index in [4.69, 9.17) is 4.74 Å². The van der Waals surface area contributed by atoms with Crippen molar-refractivity contribution in [3.8, 4) is 5.75 Å². The molecule has 2 aromatic carbocycles. The summed E-state index contributed by atoms with van der Waals surface area (Å²) in [6, 6.07) is 14.5. The number of hydrogen-bond donors (Lipinski definition) is 1. The molecular formula is C17H20FNO. The van der Waals surface area contributed by atoms with E-state index in [0.29, 0.717) is 0 Å². The molecule has 20 heavy (non-hydrogen) atoms. The van der Waals surface area contributed by atoms with E-state index in [-0.39, 0.29) is 11.9 Å². The van der Waals surface area contributed by atoms with Gasteiger partial charge >= 0.3 is 0 Å². The number of halogens is 1. The largest absolute Gasteiger partial charge is 0.485 e. The molecular weight excluding hydrogens is 253 g/mol. The Morgan fingerprint density at radius 2 is 1.95 bits per heavy atom. The standard InChI is InChI=1S/C17H20FNO/c1-13-6-3-4-9-16(13)20-17(10-11-19-2)14-7-5-8-15(18)12-14/h3-9,12,17,19H,10-11H2,1-2H3/t17-/m0/s1. The van der Waals surface area contributed by atoms with Crippen molar-refractivity contribution >= 4 is 0 Å². The van der Waals surface area contributed by atoms with Gasteiger partial charge in [0.1, 0.15) is 17.7 Å². The highest BCUT2D eigenvalue weighted by molar-refractivity contribution is 5.33. The van der Waals surface area contributed by atoms with Gasteiger partial charge in [0.15, 0.2) is 0 Å². The molecule has 0 heterocycles. The Morgan fingerprint density at radius 1 is 1.15 bits per heavy atom. The van der Waals surface area contributed by atoms with Crippen LogP contribution in [0, 0.1) is 12.7 Å². The van der Waals surface area contributed by atoms with Gasteiger partial charge in [0.25, 0.3) is 0 Å². The predicted molar refractivity (Wildman–Crippen MR) is 79.5 cm³/mol. The van der Waals surface area contributed by atoms with E-state index in [0.717, 1.165) is 29.8 Å². The monoisotopic (exact) mass is 273 g/mol. The van der Waals surface area contributed by atoms with Crippen LogP contribution in [-0.2, 0) is 0 Å². The van der Waals surface area contributed by atoms with Crippen LogP contribution in [0.5, 0.6) is 5.75 Å². The topological polar surface area (TPSA) is 21.3 Å². The lowest BCUT2D eigenvalue weighted by Crippen LogP contribution is -2.16. The van der Waals surface area contributed by atoms with Crippen molar-refractivity contribution in [3.63, 3.8) is 0 Å². The second kappa shape index (κ2) is 7.06. The lowest BCUT2D eigenvalue weighted by molar-refractivity contribution is 0.193. The van der Waals surface area contributed by atoms with E-state index in [1.165, 1.54) is 6.07 Å². The maximum absolute atomic E-state index is 13.4. The maximum Gasteiger partial charge on any atom is 0.125 e. The molecule has 0 aliphatic carbocycles. The Labute approximate surface area is 119 Å². The third kappa shape index (κ3) is 3.81. The van der Waals surface area contributed by atoms with Crippen molar-refractivity contribution in [1.29, 1.82) is 0 Å². The molecule has 2 rings (SSSR count).